The van der Waals surface area contributed by atoms with Crippen LogP contribution >= 0.6 is 34.8 Å². The lowest BCUT2D eigenvalue weighted by molar-refractivity contribution is -0.115. The van der Waals surface area contributed by atoms with Crippen LogP contribution in [0.25, 0.3) is 0 Å². The Hall–Kier alpha value is -0.710. The monoisotopic (exact) mass is 327 g/mol. The Morgan fingerprint density at radius 3 is 2.42 bits per heavy atom. The van der Waals surface area contributed by atoms with Crippen molar-refractivity contribution in [3.63, 3.8) is 0 Å². The number of rotatable bonds is 1. The molecule has 7 heteroatoms. The lowest BCUT2D eigenvalue weighted by Gasteiger charge is -2.24. The molecular weight excluding hydrogens is 312 g/mol. The van der Waals surface area contributed by atoms with Crippen LogP contribution in [0.1, 0.15) is 19.8 Å². The van der Waals surface area contributed by atoms with Crippen molar-refractivity contribution in [3.05, 3.63) is 24.4 Å². The van der Waals surface area contributed by atoms with E-state index in [-0.39, 0.29) is 0 Å². The molecule has 0 aromatic rings. The topological polar surface area (TPSA) is 46.6 Å². The lowest BCUT2D eigenvalue weighted by Crippen LogP contribution is -2.33. The zero-order valence-electron chi connectivity index (χ0n) is 10.8. The molecule has 0 unspecified atom stereocenters. The number of halogens is 3. The predicted octanol–water partition coefficient (Wildman–Crippen LogP) is 3.86. The summed E-state index contributed by atoms with van der Waals surface area (Å²) in [6.07, 6.45) is 3.71. The first-order valence-corrected chi connectivity index (χ1v) is 6.65. The fraction of sp³-hybridized carbons (Fsp3) is 0.500. The molecule has 0 atom stereocenters. The Morgan fingerprint density at radius 2 is 2.00 bits per heavy atom. The molecule has 1 aliphatic rings. The highest BCUT2D eigenvalue weighted by atomic mass is 35.6. The molecule has 1 amide bonds. The molecular formula is C12H16Cl3NO3. The quantitative estimate of drug-likeness (QED) is 0.542. The van der Waals surface area contributed by atoms with Crippen LogP contribution in [0.4, 0.5) is 4.79 Å². The molecule has 1 heterocycles. The highest BCUT2D eigenvalue weighted by molar-refractivity contribution is 6.77. The molecule has 0 radical (unpaired) electrons. The number of amides is 1. The summed E-state index contributed by atoms with van der Waals surface area (Å²) >= 11 is 16.5. The average molecular weight is 329 g/mol. The third kappa shape index (κ3) is 6.32. The number of nitrogens with zero attached hydrogens (tertiary/aromatic N) is 1. The fourth-order valence-electron chi connectivity index (χ4n) is 1.37. The van der Waals surface area contributed by atoms with E-state index in [9.17, 15) is 9.59 Å². The Balaban J connectivity index is 0.000000982. The molecule has 0 saturated carbocycles. The van der Waals surface area contributed by atoms with E-state index >= 15 is 0 Å². The zero-order chi connectivity index (χ0) is 15.1. The number of carbonyl (C=O) groups is 2. The highest BCUT2D eigenvalue weighted by Gasteiger charge is 2.34. The van der Waals surface area contributed by atoms with Crippen molar-refractivity contribution in [1.82, 2.24) is 4.90 Å². The Kier molecular flexibility index (Phi) is 8.14. The summed E-state index contributed by atoms with van der Waals surface area (Å²) in [5.41, 5.74) is 0.316. The van der Waals surface area contributed by atoms with Gasteiger partial charge < -0.3 is 4.74 Å². The molecule has 19 heavy (non-hydrogen) atoms. The summed E-state index contributed by atoms with van der Waals surface area (Å²) in [7, 11) is 1.27. The molecule has 0 aliphatic carbocycles. The van der Waals surface area contributed by atoms with E-state index in [1.54, 1.807) is 6.08 Å². The van der Waals surface area contributed by atoms with Crippen LogP contribution < -0.4 is 0 Å². The third-order valence-electron chi connectivity index (χ3n) is 2.12. The van der Waals surface area contributed by atoms with Crippen LogP contribution in [0.5, 0.6) is 0 Å². The second kappa shape index (κ2) is 8.46. The Bertz CT molecular complexity index is 375. The van der Waals surface area contributed by atoms with E-state index in [2.05, 4.69) is 11.3 Å². The van der Waals surface area contributed by atoms with Gasteiger partial charge in [0.05, 0.1) is 7.11 Å². The molecule has 0 saturated heterocycles. The largest absolute Gasteiger partial charge is 0.452 e. The van der Waals surface area contributed by atoms with Gasteiger partial charge >= 0.3 is 6.09 Å². The highest BCUT2D eigenvalue weighted by Crippen LogP contribution is 2.32. The minimum absolute atomic E-state index is 0.316. The van der Waals surface area contributed by atoms with Gasteiger partial charge in [-0.2, -0.15) is 0 Å². The van der Waals surface area contributed by atoms with Gasteiger partial charge in [-0.3, -0.25) is 9.69 Å². The van der Waals surface area contributed by atoms with Gasteiger partial charge in [0.1, 0.15) is 0 Å². The van der Waals surface area contributed by atoms with Crippen LogP contribution in [0.15, 0.2) is 24.4 Å². The molecule has 4 nitrogen and oxygen atoms in total. The van der Waals surface area contributed by atoms with Gasteiger partial charge in [-0.1, -0.05) is 40.9 Å². The van der Waals surface area contributed by atoms with Crippen molar-refractivity contribution in [2.24, 2.45) is 0 Å². The van der Waals surface area contributed by atoms with Crippen molar-refractivity contribution in [2.75, 3.05) is 13.7 Å². The molecule has 0 fully saturated rings. The summed E-state index contributed by atoms with van der Waals surface area (Å²) in [6.45, 7) is 5.74. The van der Waals surface area contributed by atoms with Crippen molar-refractivity contribution in [2.45, 2.75) is 23.6 Å². The zero-order valence-corrected chi connectivity index (χ0v) is 13.1. The van der Waals surface area contributed by atoms with Crippen LogP contribution in [0.2, 0.25) is 0 Å². The van der Waals surface area contributed by atoms with Gasteiger partial charge in [0, 0.05) is 18.3 Å². The first-order chi connectivity index (χ1) is 8.77. The standard InChI is InChI=1S/C9H10Cl3NO3.C3H6/c1-16-8(15)13-4-2-3-6(5-13)7(14)9(10,11)12;1-3-2/h5H,2-4H2,1H3;3H,1H2,2H3. The van der Waals surface area contributed by atoms with Gasteiger partial charge in [-0.15, -0.1) is 6.58 Å². The second-order valence-corrected chi connectivity index (χ2v) is 5.94. The smallest absolute Gasteiger partial charge is 0.413 e. The number of ketones is 1. The van der Waals surface area contributed by atoms with Crippen LogP contribution in [0, 0.1) is 0 Å². The van der Waals surface area contributed by atoms with Gasteiger partial charge in [0.25, 0.3) is 3.79 Å². The van der Waals surface area contributed by atoms with Crippen molar-refractivity contribution >= 4 is 46.7 Å². The number of Topliss-reactive ketones (excluding diaryl/α,β-unsaturated/α-hetero) is 1. The predicted molar refractivity (Wildman–Crippen MR) is 77.6 cm³/mol. The summed E-state index contributed by atoms with van der Waals surface area (Å²) in [4.78, 5) is 24.2. The van der Waals surface area contributed by atoms with Gasteiger partial charge in [0.15, 0.2) is 0 Å². The number of hydrogen-bond donors (Lipinski definition) is 0. The van der Waals surface area contributed by atoms with Gasteiger partial charge in [-0.25, -0.2) is 4.79 Å². The molecule has 0 aromatic heterocycles. The molecule has 108 valence electrons. The summed E-state index contributed by atoms with van der Waals surface area (Å²) in [5, 5.41) is 0. The van der Waals surface area contributed by atoms with Crippen molar-refractivity contribution < 1.29 is 14.3 Å². The van der Waals surface area contributed by atoms with Gasteiger partial charge in [0.2, 0.25) is 5.78 Å². The normalized spacial score (nSPS) is 14.8. The first kappa shape index (κ1) is 18.3. The summed E-state index contributed by atoms with van der Waals surface area (Å²) in [5.74, 6) is -0.605. The number of carbonyl (C=O) groups excluding carboxylic acids is 2. The van der Waals surface area contributed by atoms with E-state index in [4.69, 9.17) is 34.8 Å². The number of allylic oxidation sites excluding steroid dienone is 2. The molecule has 0 bridgehead atoms. The van der Waals surface area contributed by atoms with Crippen molar-refractivity contribution in [1.29, 1.82) is 0 Å². The van der Waals surface area contributed by atoms with E-state index < -0.39 is 15.7 Å². The van der Waals surface area contributed by atoms with E-state index in [1.165, 1.54) is 18.2 Å². The van der Waals surface area contributed by atoms with Crippen LogP contribution in [-0.4, -0.2) is 34.2 Å². The molecule has 1 rings (SSSR count). The minimum Gasteiger partial charge on any atom is -0.452 e. The number of alkyl halides is 3. The minimum atomic E-state index is -1.98. The Labute approximate surface area is 127 Å². The molecule has 1 aliphatic heterocycles. The lowest BCUT2D eigenvalue weighted by atomic mass is 10.0. The van der Waals surface area contributed by atoms with E-state index in [0.717, 1.165) is 0 Å². The summed E-state index contributed by atoms with van der Waals surface area (Å²) in [6, 6.07) is 0. The average Bonchev–Trinajstić information content (AvgIpc) is 2.37. The number of hydrogen-bond acceptors (Lipinski definition) is 3. The third-order valence-corrected chi connectivity index (χ3v) is 2.63. The maximum Gasteiger partial charge on any atom is 0.413 e. The Morgan fingerprint density at radius 1 is 1.47 bits per heavy atom. The van der Waals surface area contributed by atoms with Crippen LogP contribution in [0.3, 0.4) is 0 Å². The SMILES string of the molecule is C=CC.COC(=O)N1C=C(C(=O)C(Cl)(Cl)Cl)CCC1. The fourth-order valence-corrected chi connectivity index (χ4v) is 1.74. The molecule has 0 aromatic carbocycles. The summed E-state index contributed by atoms with van der Waals surface area (Å²) < 4.78 is 2.55. The van der Waals surface area contributed by atoms with Gasteiger partial charge in [-0.05, 0) is 19.8 Å². The first-order valence-electron chi connectivity index (χ1n) is 5.51. The number of ether oxygens (including phenoxy) is 1. The van der Waals surface area contributed by atoms with E-state index in [1.807, 2.05) is 6.92 Å². The molecule has 0 N–H and O–H groups in total. The number of methoxy groups -OCH3 is 1. The van der Waals surface area contributed by atoms with Crippen molar-refractivity contribution in [3.8, 4) is 0 Å². The maximum absolute atomic E-state index is 11.6. The molecule has 0 spiro atoms. The maximum atomic E-state index is 11.6. The van der Waals surface area contributed by atoms with E-state index in [0.29, 0.717) is 25.0 Å². The van der Waals surface area contributed by atoms with Crippen LogP contribution in [-0.2, 0) is 9.53 Å². The second-order valence-electron chi connectivity index (χ2n) is 3.66.